The first-order valence-electron chi connectivity index (χ1n) is 11.7. The maximum atomic E-state index is 13.2. The third-order valence-corrected chi connectivity index (χ3v) is 7.41. The molecular weight excluding hydrogens is 466 g/mol. The van der Waals surface area contributed by atoms with Gasteiger partial charge in [-0.25, -0.2) is 9.58 Å². The minimum absolute atomic E-state index is 0.0801. The van der Waals surface area contributed by atoms with E-state index in [-0.39, 0.29) is 41.7 Å². The number of benzene rings is 2. The Balaban J connectivity index is 1.42. The molecule has 1 aromatic heterocycles. The lowest BCUT2D eigenvalue weighted by Crippen LogP contribution is -2.32. The summed E-state index contributed by atoms with van der Waals surface area (Å²) in [6.45, 7) is 0. The molecule has 3 heterocycles. The lowest BCUT2D eigenvalue weighted by atomic mass is 9.85. The van der Waals surface area contributed by atoms with Crippen LogP contribution in [-0.4, -0.2) is 33.7 Å². The standard InChI is InChI=1S/C26H24ClN5O3/c1-35-22-9-5-4-8-19(22)21-14-20(15-10-12-16(27)13-11-15)28-25-29-26(30-32(21)25)31-23(33)17-6-2-3-7-18(17)24(31)34/h2-5,8-13,17-18,20-21H,6-7,14H2,1H3,(H,28,29,30). The Bertz CT molecular complexity index is 1310. The molecule has 3 aromatic rings. The topological polar surface area (TPSA) is 89.3 Å². The molecule has 3 aliphatic rings. The average Bonchev–Trinajstić information content (AvgIpc) is 3.42. The normalized spacial score (nSPS) is 25.3. The summed E-state index contributed by atoms with van der Waals surface area (Å²) in [6, 6.07) is 15.2. The van der Waals surface area contributed by atoms with Gasteiger partial charge in [-0.3, -0.25) is 9.59 Å². The van der Waals surface area contributed by atoms with Crippen LogP contribution in [0.15, 0.2) is 60.7 Å². The largest absolute Gasteiger partial charge is 0.496 e. The number of ether oxygens (including phenoxy) is 1. The summed E-state index contributed by atoms with van der Waals surface area (Å²) in [4.78, 5) is 32.2. The number of aromatic nitrogens is 3. The molecular formula is C26H24ClN5O3. The number of methoxy groups -OCH3 is 1. The zero-order chi connectivity index (χ0) is 24.1. The van der Waals surface area contributed by atoms with Crippen LogP contribution in [0.25, 0.3) is 0 Å². The number of hydrogen-bond acceptors (Lipinski definition) is 6. The number of nitrogens with zero attached hydrogens (tertiary/aromatic N) is 4. The van der Waals surface area contributed by atoms with Crippen LogP contribution in [0.4, 0.5) is 11.9 Å². The van der Waals surface area contributed by atoms with Crippen LogP contribution in [0.2, 0.25) is 5.02 Å². The van der Waals surface area contributed by atoms with Crippen LogP contribution in [-0.2, 0) is 9.59 Å². The van der Waals surface area contributed by atoms with E-state index >= 15 is 0 Å². The Labute approximate surface area is 207 Å². The predicted molar refractivity (Wildman–Crippen MR) is 131 cm³/mol. The first kappa shape index (κ1) is 21.9. The second kappa shape index (κ2) is 8.53. The van der Waals surface area contributed by atoms with E-state index in [2.05, 4.69) is 10.3 Å². The van der Waals surface area contributed by atoms with Gasteiger partial charge >= 0.3 is 0 Å². The second-order valence-electron chi connectivity index (χ2n) is 9.09. The molecule has 0 radical (unpaired) electrons. The van der Waals surface area contributed by atoms with Crippen LogP contribution in [0.3, 0.4) is 0 Å². The maximum Gasteiger partial charge on any atom is 0.260 e. The van der Waals surface area contributed by atoms with Gasteiger partial charge in [-0.15, -0.1) is 5.10 Å². The van der Waals surface area contributed by atoms with Crippen LogP contribution in [0, 0.1) is 11.8 Å². The molecule has 2 aliphatic heterocycles. The third-order valence-electron chi connectivity index (χ3n) is 7.16. The molecule has 1 aliphatic carbocycles. The SMILES string of the molecule is COc1ccccc1C1CC(c2ccc(Cl)cc2)Nc2nc(N3C(=O)C4CC=CCC4C3=O)nn21. The minimum Gasteiger partial charge on any atom is -0.496 e. The summed E-state index contributed by atoms with van der Waals surface area (Å²) in [5.41, 5.74) is 2.00. The molecule has 1 N–H and O–H groups in total. The molecule has 0 spiro atoms. The van der Waals surface area contributed by atoms with E-state index in [1.165, 1.54) is 4.90 Å². The number of anilines is 2. The third kappa shape index (κ3) is 3.60. The van der Waals surface area contributed by atoms with Gasteiger partial charge < -0.3 is 10.1 Å². The van der Waals surface area contributed by atoms with Crippen molar-refractivity contribution >= 4 is 35.3 Å². The van der Waals surface area contributed by atoms with E-state index in [1.807, 2.05) is 60.7 Å². The predicted octanol–water partition coefficient (Wildman–Crippen LogP) is 4.54. The molecule has 1 fully saturated rings. The Hall–Kier alpha value is -3.65. The molecule has 0 bridgehead atoms. The Morgan fingerprint density at radius 2 is 1.69 bits per heavy atom. The smallest absolute Gasteiger partial charge is 0.260 e. The van der Waals surface area contributed by atoms with Crippen molar-refractivity contribution in [1.29, 1.82) is 0 Å². The summed E-state index contributed by atoms with van der Waals surface area (Å²) in [6.07, 6.45) is 5.74. The molecule has 35 heavy (non-hydrogen) atoms. The molecule has 0 saturated carbocycles. The average molecular weight is 490 g/mol. The fraction of sp³-hybridized carbons (Fsp3) is 0.308. The molecule has 8 nitrogen and oxygen atoms in total. The van der Waals surface area contributed by atoms with E-state index in [1.54, 1.807) is 11.8 Å². The summed E-state index contributed by atoms with van der Waals surface area (Å²) in [5, 5.41) is 8.81. The second-order valence-corrected chi connectivity index (χ2v) is 9.53. The van der Waals surface area contributed by atoms with E-state index in [0.29, 0.717) is 30.2 Å². The highest BCUT2D eigenvalue weighted by molar-refractivity contribution is 6.30. The number of allylic oxidation sites excluding steroid dienone is 2. The number of imide groups is 1. The van der Waals surface area contributed by atoms with Gasteiger partial charge in [0.2, 0.25) is 17.8 Å². The number of fused-ring (bicyclic) bond motifs is 2. The molecule has 9 heteroatoms. The highest BCUT2D eigenvalue weighted by atomic mass is 35.5. The van der Waals surface area contributed by atoms with Crippen LogP contribution >= 0.6 is 11.6 Å². The summed E-state index contributed by atoms with van der Waals surface area (Å²) < 4.78 is 7.41. The number of halogens is 1. The number of carbonyl (C=O) groups is 2. The fourth-order valence-corrected chi connectivity index (χ4v) is 5.50. The number of carbonyl (C=O) groups excluding carboxylic acids is 2. The van der Waals surface area contributed by atoms with Crippen molar-refractivity contribution in [2.75, 3.05) is 17.3 Å². The molecule has 6 rings (SSSR count). The summed E-state index contributed by atoms with van der Waals surface area (Å²) in [5.74, 6) is 0.221. The molecule has 1 saturated heterocycles. The van der Waals surface area contributed by atoms with Crippen molar-refractivity contribution in [3.63, 3.8) is 0 Å². The number of rotatable bonds is 4. The van der Waals surface area contributed by atoms with Crippen molar-refractivity contribution in [3.8, 4) is 5.75 Å². The van der Waals surface area contributed by atoms with Crippen molar-refractivity contribution in [3.05, 3.63) is 76.8 Å². The Kier molecular flexibility index (Phi) is 5.33. The summed E-state index contributed by atoms with van der Waals surface area (Å²) >= 11 is 6.11. The van der Waals surface area contributed by atoms with E-state index in [9.17, 15) is 9.59 Å². The van der Waals surface area contributed by atoms with Crippen LogP contribution in [0.1, 0.15) is 42.5 Å². The first-order chi connectivity index (χ1) is 17.0. The van der Waals surface area contributed by atoms with Gasteiger partial charge in [-0.1, -0.05) is 54.1 Å². The highest BCUT2D eigenvalue weighted by Crippen LogP contribution is 2.43. The molecule has 2 aromatic carbocycles. The van der Waals surface area contributed by atoms with E-state index in [0.717, 1.165) is 16.9 Å². The van der Waals surface area contributed by atoms with Crippen molar-refractivity contribution < 1.29 is 14.3 Å². The van der Waals surface area contributed by atoms with Gasteiger partial charge in [0.15, 0.2) is 0 Å². The van der Waals surface area contributed by atoms with Gasteiger partial charge in [-0.2, -0.15) is 4.98 Å². The number of nitrogens with one attached hydrogen (secondary N) is 1. The van der Waals surface area contributed by atoms with E-state index in [4.69, 9.17) is 21.4 Å². The zero-order valence-electron chi connectivity index (χ0n) is 19.1. The minimum atomic E-state index is -0.340. The van der Waals surface area contributed by atoms with Gasteiger partial charge in [0.05, 0.1) is 31.0 Å². The van der Waals surface area contributed by atoms with Crippen molar-refractivity contribution in [2.45, 2.75) is 31.3 Å². The van der Waals surface area contributed by atoms with Crippen molar-refractivity contribution in [2.24, 2.45) is 11.8 Å². The van der Waals surface area contributed by atoms with Gasteiger partial charge in [-0.05, 0) is 43.0 Å². The maximum absolute atomic E-state index is 13.2. The lowest BCUT2D eigenvalue weighted by molar-refractivity contribution is -0.122. The van der Waals surface area contributed by atoms with Gasteiger partial charge in [0, 0.05) is 10.6 Å². The Morgan fingerprint density at radius 3 is 2.37 bits per heavy atom. The number of para-hydroxylation sites is 1. The van der Waals surface area contributed by atoms with Gasteiger partial charge in [0.25, 0.3) is 5.95 Å². The lowest BCUT2D eigenvalue weighted by Gasteiger charge is -2.32. The van der Waals surface area contributed by atoms with Crippen molar-refractivity contribution in [1.82, 2.24) is 14.8 Å². The number of hydrogen-bond donors (Lipinski definition) is 1. The zero-order valence-corrected chi connectivity index (χ0v) is 19.9. The molecule has 4 unspecified atom stereocenters. The highest BCUT2D eigenvalue weighted by Gasteiger charge is 2.50. The fourth-order valence-electron chi connectivity index (χ4n) is 5.37. The Morgan fingerprint density at radius 1 is 1.00 bits per heavy atom. The van der Waals surface area contributed by atoms with Crippen LogP contribution < -0.4 is 15.0 Å². The first-order valence-corrected chi connectivity index (χ1v) is 12.1. The molecule has 2 amide bonds. The quantitative estimate of drug-likeness (QED) is 0.427. The monoisotopic (exact) mass is 489 g/mol. The molecule has 178 valence electrons. The number of amides is 2. The van der Waals surface area contributed by atoms with Crippen LogP contribution in [0.5, 0.6) is 5.75 Å². The van der Waals surface area contributed by atoms with Gasteiger partial charge in [0.1, 0.15) is 5.75 Å². The summed E-state index contributed by atoms with van der Waals surface area (Å²) in [7, 11) is 1.64. The molecule has 4 atom stereocenters. The van der Waals surface area contributed by atoms with E-state index < -0.39 is 0 Å².